The first-order valence-corrected chi connectivity index (χ1v) is 8.40. The van der Waals surface area contributed by atoms with Gasteiger partial charge in [-0.25, -0.2) is 8.42 Å². The Morgan fingerprint density at radius 3 is 2.59 bits per heavy atom. The molecule has 1 N–H and O–H groups in total. The van der Waals surface area contributed by atoms with E-state index in [2.05, 4.69) is 0 Å². The molecule has 1 heterocycles. The molecule has 1 aliphatic rings. The third kappa shape index (κ3) is 3.35. The molecule has 0 spiro atoms. The van der Waals surface area contributed by atoms with Crippen LogP contribution in [0.5, 0.6) is 0 Å². The maximum absolute atomic E-state index is 12.0. The predicted octanol–water partition coefficient (Wildman–Crippen LogP) is 0.0935. The molecule has 1 unspecified atom stereocenters. The second-order valence-corrected chi connectivity index (χ2v) is 8.14. The summed E-state index contributed by atoms with van der Waals surface area (Å²) in [4.78, 5) is 13.3. The fraction of sp³-hybridized carbons (Fsp3) is 0.900. The number of amides is 1. The minimum Gasteiger partial charge on any atom is -0.381 e. The summed E-state index contributed by atoms with van der Waals surface area (Å²) in [6, 6.07) is 0. The highest BCUT2D eigenvalue weighted by atomic mass is 32.2. The molecular weight excluding hydrogens is 262 g/mol. The second kappa shape index (κ2) is 5.16. The molecule has 0 aromatic carbocycles. The monoisotopic (exact) mass is 281 g/mol. The van der Waals surface area contributed by atoms with Crippen LogP contribution in [-0.2, 0) is 14.6 Å². The molecule has 0 aromatic rings. The molecule has 1 rings (SSSR count). The highest BCUT2D eigenvalue weighted by Crippen LogP contribution is 2.24. The zero-order valence-corrected chi connectivity index (χ0v) is 12.0. The van der Waals surface area contributed by atoms with E-state index in [1.807, 2.05) is 0 Å². The smallest absolute Gasteiger partial charge is 0.255 e. The Bertz CT molecular complexity index is 386. The first kappa shape index (κ1) is 14.8. The number of carbonyl (C=O) groups excluding carboxylic acids is 1. The predicted molar refractivity (Wildman–Crippen MR) is 68.6 cm³/mol. The van der Waals surface area contributed by atoms with E-state index in [1.165, 1.54) is 30.5 Å². The minimum absolute atomic E-state index is 0.00780. The SMILES string of the molecule is CCS(=O)(=O)C1CSCCN1C(=O)C(C)(C)O. The van der Waals surface area contributed by atoms with Crippen molar-refractivity contribution >= 4 is 27.5 Å². The van der Waals surface area contributed by atoms with Crippen molar-refractivity contribution < 1.29 is 18.3 Å². The van der Waals surface area contributed by atoms with Crippen molar-refractivity contribution in [3.63, 3.8) is 0 Å². The summed E-state index contributed by atoms with van der Waals surface area (Å²) in [5.41, 5.74) is -1.52. The molecule has 0 aliphatic carbocycles. The standard InChI is InChI=1S/C10H19NO4S2/c1-4-17(14,15)8-7-16-6-5-11(8)9(12)10(2,3)13/h8,13H,4-7H2,1-3H3. The van der Waals surface area contributed by atoms with Crippen molar-refractivity contribution in [3.8, 4) is 0 Å². The van der Waals surface area contributed by atoms with Crippen LogP contribution in [0.4, 0.5) is 0 Å². The molecule has 0 radical (unpaired) electrons. The minimum atomic E-state index is -3.30. The van der Waals surface area contributed by atoms with E-state index >= 15 is 0 Å². The van der Waals surface area contributed by atoms with Crippen molar-refractivity contribution in [1.29, 1.82) is 0 Å². The summed E-state index contributed by atoms with van der Waals surface area (Å²) in [6.45, 7) is 4.71. The van der Waals surface area contributed by atoms with Crippen LogP contribution < -0.4 is 0 Å². The van der Waals surface area contributed by atoms with Crippen molar-refractivity contribution in [2.75, 3.05) is 23.8 Å². The second-order valence-electron chi connectivity index (χ2n) is 4.54. The van der Waals surface area contributed by atoms with E-state index in [1.54, 1.807) is 6.92 Å². The van der Waals surface area contributed by atoms with E-state index in [0.717, 1.165) is 0 Å². The number of sulfone groups is 1. The van der Waals surface area contributed by atoms with E-state index in [4.69, 9.17) is 0 Å². The Kier molecular flexibility index (Phi) is 4.49. The third-order valence-electron chi connectivity index (χ3n) is 2.69. The molecule has 0 bridgehead atoms. The summed E-state index contributed by atoms with van der Waals surface area (Å²) in [6.07, 6.45) is 0. The Hall–Kier alpha value is -0.270. The van der Waals surface area contributed by atoms with Gasteiger partial charge in [0.2, 0.25) is 0 Å². The zero-order chi connectivity index (χ0) is 13.3. The van der Waals surface area contributed by atoms with Crippen molar-refractivity contribution in [2.24, 2.45) is 0 Å². The van der Waals surface area contributed by atoms with Gasteiger partial charge in [-0.2, -0.15) is 11.8 Å². The average Bonchev–Trinajstić information content (AvgIpc) is 2.27. The number of thioether (sulfide) groups is 1. The fourth-order valence-corrected chi connectivity index (χ4v) is 4.62. The molecule has 1 saturated heterocycles. The lowest BCUT2D eigenvalue weighted by Gasteiger charge is -2.37. The van der Waals surface area contributed by atoms with Crippen LogP contribution in [-0.4, -0.2) is 59.1 Å². The van der Waals surface area contributed by atoms with Gasteiger partial charge in [0.15, 0.2) is 9.84 Å². The quantitative estimate of drug-likeness (QED) is 0.794. The van der Waals surface area contributed by atoms with Gasteiger partial charge in [0, 0.05) is 23.8 Å². The molecule has 0 saturated carbocycles. The number of nitrogens with zero attached hydrogens (tertiary/aromatic N) is 1. The van der Waals surface area contributed by atoms with Crippen molar-refractivity contribution in [2.45, 2.75) is 31.7 Å². The zero-order valence-electron chi connectivity index (χ0n) is 10.3. The summed E-state index contributed by atoms with van der Waals surface area (Å²) >= 11 is 1.52. The first-order valence-electron chi connectivity index (χ1n) is 5.53. The van der Waals surface area contributed by atoms with Crippen LogP contribution in [0.15, 0.2) is 0 Å². The molecule has 1 amide bonds. The Morgan fingerprint density at radius 2 is 2.12 bits per heavy atom. The van der Waals surface area contributed by atoms with Crippen LogP contribution in [0.25, 0.3) is 0 Å². The molecule has 1 fully saturated rings. The molecule has 0 aromatic heterocycles. The molecule has 100 valence electrons. The molecule has 1 aliphatic heterocycles. The molecule has 5 nitrogen and oxygen atoms in total. The maximum Gasteiger partial charge on any atom is 0.255 e. The summed E-state index contributed by atoms with van der Waals surface area (Å²) in [5.74, 6) is 0.587. The average molecular weight is 281 g/mol. The first-order chi connectivity index (χ1) is 7.70. The van der Waals surface area contributed by atoms with Gasteiger partial charge in [0.05, 0.1) is 0 Å². The van der Waals surface area contributed by atoms with Gasteiger partial charge in [0.25, 0.3) is 5.91 Å². The molecule has 1 atom stereocenters. The van der Waals surface area contributed by atoms with Gasteiger partial charge < -0.3 is 10.0 Å². The van der Waals surface area contributed by atoms with E-state index in [9.17, 15) is 18.3 Å². The topological polar surface area (TPSA) is 74.7 Å². The summed E-state index contributed by atoms with van der Waals surface area (Å²) < 4.78 is 23.8. The number of rotatable bonds is 3. The van der Waals surface area contributed by atoms with Gasteiger partial charge >= 0.3 is 0 Å². The van der Waals surface area contributed by atoms with Crippen LogP contribution in [0.1, 0.15) is 20.8 Å². The van der Waals surface area contributed by atoms with Gasteiger partial charge in [-0.1, -0.05) is 6.92 Å². The van der Waals surface area contributed by atoms with E-state index in [-0.39, 0.29) is 5.75 Å². The van der Waals surface area contributed by atoms with Gasteiger partial charge in [-0.15, -0.1) is 0 Å². The van der Waals surface area contributed by atoms with Crippen LogP contribution in [0.3, 0.4) is 0 Å². The normalized spacial score (nSPS) is 22.6. The van der Waals surface area contributed by atoms with Crippen LogP contribution in [0, 0.1) is 0 Å². The lowest BCUT2D eigenvalue weighted by atomic mass is 10.1. The van der Waals surface area contributed by atoms with Gasteiger partial charge in [-0.05, 0) is 13.8 Å². The van der Waals surface area contributed by atoms with E-state index in [0.29, 0.717) is 18.1 Å². The van der Waals surface area contributed by atoms with Crippen molar-refractivity contribution in [3.05, 3.63) is 0 Å². The molecule has 17 heavy (non-hydrogen) atoms. The highest BCUT2D eigenvalue weighted by Gasteiger charge is 2.40. The summed E-state index contributed by atoms with van der Waals surface area (Å²) in [5, 5.41) is 8.90. The van der Waals surface area contributed by atoms with Gasteiger partial charge in [0.1, 0.15) is 11.0 Å². The highest BCUT2D eigenvalue weighted by molar-refractivity contribution is 8.01. The fourth-order valence-electron chi connectivity index (χ4n) is 1.65. The number of hydrogen-bond acceptors (Lipinski definition) is 5. The summed E-state index contributed by atoms with van der Waals surface area (Å²) in [7, 11) is -3.30. The molecule has 7 heteroatoms. The van der Waals surface area contributed by atoms with Crippen LogP contribution >= 0.6 is 11.8 Å². The lowest BCUT2D eigenvalue weighted by molar-refractivity contribution is -0.148. The van der Waals surface area contributed by atoms with Crippen LogP contribution in [0.2, 0.25) is 0 Å². The van der Waals surface area contributed by atoms with E-state index < -0.39 is 26.7 Å². The maximum atomic E-state index is 12.0. The number of aliphatic hydroxyl groups is 1. The Labute approximate surface area is 106 Å². The Morgan fingerprint density at radius 1 is 1.53 bits per heavy atom. The number of hydrogen-bond donors (Lipinski definition) is 1. The number of carbonyl (C=O) groups is 1. The van der Waals surface area contributed by atoms with Crippen molar-refractivity contribution in [1.82, 2.24) is 4.90 Å². The molecular formula is C10H19NO4S2. The van der Waals surface area contributed by atoms with Gasteiger partial charge in [-0.3, -0.25) is 4.79 Å². The lowest BCUT2D eigenvalue weighted by Crippen LogP contribution is -2.56. The third-order valence-corrected chi connectivity index (χ3v) is 5.97. The Balaban J connectivity index is 2.99. The largest absolute Gasteiger partial charge is 0.381 e.